The van der Waals surface area contributed by atoms with Crippen molar-refractivity contribution in [3.8, 4) is 11.6 Å². The standard InChI is InChI=1S/C24H19N5O2/c1-2-16-7-9-17(10-8-16)23(30)26-18-11-13-19(14-12-18)31-24-22-28-25-15-29(22)21-6-4-3-5-20(21)27-24/h3-15H,2H2,1H3,(H,26,30). The van der Waals surface area contributed by atoms with Crippen LogP contribution in [0.15, 0.2) is 79.1 Å². The Morgan fingerprint density at radius 2 is 1.77 bits per heavy atom. The first kappa shape index (κ1) is 18.7. The number of nitrogens with zero attached hydrogens (tertiary/aromatic N) is 4. The van der Waals surface area contributed by atoms with Crippen LogP contribution in [0.5, 0.6) is 11.6 Å². The highest BCUT2D eigenvalue weighted by molar-refractivity contribution is 6.04. The summed E-state index contributed by atoms with van der Waals surface area (Å²) in [5, 5.41) is 11.0. The van der Waals surface area contributed by atoms with Crippen molar-refractivity contribution in [3.63, 3.8) is 0 Å². The summed E-state index contributed by atoms with van der Waals surface area (Å²) in [5.41, 5.74) is 4.71. The molecule has 0 aliphatic heterocycles. The number of carbonyl (C=O) groups excluding carboxylic acids is 1. The minimum atomic E-state index is -0.155. The van der Waals surface area contributed by atoms with Crippen molar-refractivity contribution in [1.29, 1.82) is 0 Å². The number of hydrogen-bond donors (Lipinski definition) is 1. The first-order chi connectivity index (χ1) is 15.2. The maximum atomic E-state index is 12.5. The van der Waals surface area contributed by atoms with Crippen LogP contribution in [0.4, 0.5) is 5.69 Å². The number of amides is 1. The largest absolute Gasteiger partial charge is 0.436 e. The molecule has 0 atom stereocenters. The average molecular weight is 409 g/mol. The zero-order chi connectivity index (χ0) is 21.2. The van der Waals surface area contributed by atoms with Crippen LogP contribution in [0, 0.1) is 0 Å². The second-order valence-electron chi connectivity index (χ2n) is 7.06. The average Bonchev–Trinajstić information content (AvgIpc) is 3.31. The molecular weight excluding hydrogens is 390 g/mol. The monoisotopic (exact) mass is 409 g/mol. The van der Waals surface area contributed by atoms with Crippen LogP contribution in [-0.2, 0) is 6.42 Å². The predicted molar refractivity (Wildman–Crippen MR) is 119 cm³/mol. The fourth-order valence-corrected chi connectivity index (χ4v) is 3.36. The van der Waals surface area contributed by atoms with E-state index in [2.05, 4.69) is 27.4 Å². The Morgan fingerprint density at radius 3 is 2.55 bits per heavy atom. The maximum absolute atomic E-state index is 12.5. The smallest absolute Gasteiger partial charge is 0.266 e. The zero-order valence-corrected chi connectivity index (χ0v) is 16.8. The van der Waals surface area contributed by atoms with Gasteiger partial charge in [-0.25, -0.2) is 4.98 Å². The molecule has 0 saturated heterocycles. The lowest BCUT2D eigenvalue weighted by Gasteiger charge is -2.09. The number of benzene rings is 3. The predicted octanol–water partition coefficient (Wildman–Crippen LogP) is 4.88. The highest BCUT2D eigenvalue weighted by Crippen LogP contribution is 2.27. The molecule has 2 heterocycles. The van der Waals surface area contributed by atoms with Gasteiger partial charge in [-0.1, -0.05) is 31.2 Å². The van der Waals surface area contributed by atoms with Crippen molar-refractivity contribution < 1.29 is 9.53 Å². The van der Waals surface area contributed by atoms with Gasteiger partial charge in [0.05, 0.1) is 11.0 Å². The zero-order valence-electron chi connectivity index (χ0n) is 16.8. The molecule has 7 nitrogen and oxygen atoms in total. The van der Waals surface area contributed by atoms with Crippen LogP contribution in [0.25, 0.3) is 16.7 Å². The Balaban J connectivity index is 1.35. The van der Waals surface area contributed by atoms with E-state index in [9.17, 15) is 4.79 Å². The van der Waals surface area contributed by atoms with Crippen LogP contribution in [0.1, 0.15) is 22.8 Å². The van der Waals surface area contributed by atoms with E-state index in [-0.39, 0.29) is 5.91 Å². The lowest BCUT2D eigenvalue weighted by atomic mass is 10.1. The fourth-order valence-electron chi connectivity index (χ4n) is 3.36. The third kappa shape index (κ3) is 3.69. The Morgan fingerprint density at radius 1 is 1.00 bits per heavy atom. The van der Waals surface area contributed by atoms with Gasteiger partial charge in [0.2, 0.25) is 5.65 Å². The van der Waals surface area contributed by atoms with Crippen molar-refractivity contribution >= 4 is 28.3 Å². The molecule has 152 valence electrons. The molecule has 3 aromatic carbocycles. The van der Waals surface area contributed by atoms with Crippen LogP contribution >= 0.6 is 0 Å². The highest BCUT2D eigenvalue weighted by atomic mass is 16.5. The summed E-state index contributed by atoms with van der Waals surface area (Å²) in [6.07, 6.45) is 2.58. The lowest BCUT2D eigenvalue weighted by molar-refractivity contribution is 0.102. The van der Waals surface area contributed by atoms with Crippen LogP contribution < -0.4 is 10.1 Å². The Kier molecular flexibility index (Phi) is 4.76. The second kappa shape index (κ2) is 7.87. The van der Waals surface area contributed by atoms with E-state index < -0.39 is 0 Å². The first-order valence-corrected chi connectivity index (χ1v) is 9.98. The number of aromatic nitrogens is 4. The first-order valence-electron chi connectivity index (χ1n) is 9.98. The second-order valence-corrected chi connectivity index (χ2v) is 7.06. The minimum Gasteiger partial charge on any atom is -0.436 e. The van der Waals surface area contributed by atoms with Crippen molar-refractivity contribution in [2.45, 2.75) is 13.3 Å². The summed E-state index contributed by atoms with van der Waals surface area (Å²) in [6, 6.07) is 22.5. The number of fused-ring (bicyclic) bond motifs is 3. The molecule has 1 amide bonds. The summed E-state index contributed by atoms with van der Waals surface area (Å²) in [7, 11) is 0. The van der Waals surface area contributed by atoms with Crippen molar-refractivity contribution in [2.75, 3.05) is 5.32 Å². The summed E-state index contributed by atoms with van der Waals surface area (Å²) in [5.74, 6) is 0.791. The Hall–Kier alpha value is -4.26. The number of aryl methyl sites for hydroxylation is 1. The number of ether oxygens (including phenoxy) is 1. The number of rotatable bonds is 5. The third-order valence-electron chi connectivity index (χ3n) is 5.05. The van der Waals surface area contributed by atoms with Crippen LogP contribution in [0.2, 0.25) is 0 Å². The summed E-state index contributed by atoms with van der Waals surface area (Å²) >= 11 is 0. The van der Waals surface area contributed by atoms with E-state index in [0.29, 0.717) is 28.5 Å². The molecule has 0 aliphatic carbocycles. The normalized spacial score (nSPS) is 11.0. The highest BCUT2D eigenvalue weighted by Gasteiger charge is 2.12. The van der Waals surface area contributed by atoms with Crippen LogP contribution in [0.3, 0.4) is 0 Å². The number of para-hydroxylation sites is 2. The summed E-state index contributed by atoms with van der Waals surface area (Å²) in [4.78, 5) is 17.0. The third-order valence-corrected chi connectivity index (χ3v) is 5.05. The molecule has 0 aliphatic rings. The van der Waals surface area contributed by atoms with Crippen molar-refractivity contribution in [2.24, 2.45) is 0 Å². The number of nitrogens with one attached hydrogen (secondary N) is 1. The van der Waals surface area contributed by atoms with E-state index >= 15 is 0 Å². The molecule has 0 fully saturated rings. The van der Waals surface area contributed by atoms with Gasteiger partial charge in [-0.15, -0.1) is 10.2 Å². The molecule has 0 unspecified atom stereocenters. The van der Waals surface area contributed by atoms with E-state index in [0.717, 1.165) is 17.5 Å². The van der Waals surface area contributed by atoms with Gasteiger partial charge in [-0.3, -0.25) is 9.20 Å². The quantitative estimate of drug-likeness (QED) is 0.447. The Bertz CT molecular complexity index is 1380. The number of carbonyl (C=O) groups is 1. The maximum Gasteiger partial charge on any atom is 0.266 e. The molecule has 0 spiro atoms. The van der Waals surface area contributed by atoms with Gasteiger partial charge in [0.15, 0.2) is 0 Å². The lowest BCUT2D eigenvalue weighted by Crippen LogP contribution is -2.11. The number of anilines is 1. The SMILES string of the molecule is CCc1ccc(C(=O)Nc2ccc(Oc3nc4ccccc4n4cnnc34)cc2)cc1. The van der Waals surface area contributed by atoms with Gasteiger partial charge in [-0.2, -0.15) is 0 Å². The fraction of sp³-hybridized carbons (Fsp3) is 0.0833. The summed E-state index contributed by atoms with van der Waals surface area (Å²) < 4.78 is 7.82. The molecule has 1 N–H and O–H groups in total. The van der Waals surface area contributed by atoms with Gasteiger partial charge >= 0.3 is 0 Å². The minimum absolute atomic E-state index is 0.155. The van der Waals surface area contributed by atoms with Crippen molar-refractivity contribution in [1.82, 2.24) is 19.6 Å². The van der Waals surface area contributed by atoms with E-state index in [1.807, 2.05) is 52.9 Å². The van der Waals surface area contributed by atoms with Gasteiger partial charge in [-0.05, 0) is 60.5 Å². The molecule has 31 heavy (non-hydrogen) atoms. The van der Waals surface area contributed by atoms with Gasteiger partial charge in [0, 0.05) is 11.3 Å². The van der Waals surface area contributed by atoms with Gasteiger partial charge in [0.1, 0.15) is 12.1 Å². The molecule has 0 saturated carbocycles. The topological polar surface area (TPSA) is 81.4 Å². The molecule has 5 aromatic rings. The summed E-state index contributed by atoms with van der Waals surface area (Å²) in [6.45, 7) is 2.08. The molecule has 7 heteroatoms. The van der Waals surface area contributed by atoms with Crippen LogP contribution in [-0.4, -0.2) is 25.5 Å². The molecule has 0 bridgehead atoms. The molecule has 0 radical (unpaired) electrons. The van der Waals surface area contributed by atoms with E-state index in [4.69, 9.17) is 4.74 Å². The van der Waals surface area contributed by atoms with Crippen molar-refractivity contribution in [3.05, 3.63) is 90.3 Å². The van der Waals surface area contributed by atoms with Gasteiger partial charge in [0.25, 0.3) is 11.8 Å². The van der Waals surface area contributed by atoms with E-state index in [1.54, 1.807) is 30.6 Å². The molecule has 5 rings (SSSR count). The van der Waals surface area contributed by atoms with E-state index in [1.165, 1.54) is 5.56 Å². The van der Waals surface area contributed by atoms with Gasteiger partial charge < -0.3 is 10.1 Å². The number of hydrogen-bond acceptors (Lipinski definition) is 5. The Labute approximate surface area is 178 Å². The molecular formula is C24H19N5O2. The molecule has 2 aromatic heterocycles.